The van der Waals surface area contributed by atoms with Gasteiger partial charge in [-0.3, -0.25) is 9.36 Å². The van der Waals surface area contributed by atoms with Gasteiger partial charge in [-0.15, -0.1) is 0 Å². The van der Waals surface area contributed by atoms with Gasteiger partial charge in [0.05, 0.1) is 5.52 Å². The van der Waals surface area contributed by atoms with Crippen LogP contribution in [0.25, 0.3) is 10.9 Å². The molecule has 0 saturated carbocycles. The highest BCUT2D eigenvalue weighted by Gasteiger charge is 2.40. The molecule has 2 aromatic rings. The zero-order chi connectivity index (χ0) is 14.4. The second-order valence-corrected chi connectivity index (χ2v) is 5.51. The topological polar surface area (TPSA) is 22.0 Å². The number of nitrogens with zero attached hydrogens (tertiary/aromatic N) is 1. The van der Waals surface area contributed by atoms with Gasteiger partial charge in [0, 0.05) is 11.6 Å². The van der Waals surface area contributed by atoms with Gasteiger partial charge in [-0.05, 0) is 29.2 Å². The van der Waals surface area contributed by atoms with Crippen LogP contribution in [0, 0.1) is 0 Å². The van der Waals surface area contributed by atoms with Crippen molar-refractivity contribution in [1.82, 2.24) is 4.57 Å². The quantitative estimate of drug-likeness (QED) is 0.704. The van der Waals surface area contributed by atoms with Crippen LogP contribution in [0.2, 0.25) is 0 Å². The summed E-state index contributed by atoms with van der Waals surface area (Å²) >= 11 is 0. The summed E-state index contributed by atoms with van der Waals surface area (Å²) < 4.78 is 38.0. The fourth-order valence-electron chi connectivity index (χ4n) is 1.92. The molecule has 0 radical (unpaired) electrons. The number of fused-ring (bicyclic) bond motifs is 1. The second kappa shape index (κ2) is 4.11. The predicted octanol–water partition coefficient (Wildman–Crippen LogP) is 4.14. The third-order valence-electron chi connectivity index (χ3n) is 3.02. The molecule has 1 aromatic carbocycles. The SMILES string of the molecule is CC(C)(C)c1ccc2c(ccn2C(=O)C(F)(F)F)c1. The molecule has 0 atom stereocenters. The second-order valence-electron chi connectivity index (χ2n) is 5.51. The maximum atomic E-state index is 12.4. The van der Waals surface area contributed by atoms with Crippen molar-refractivity contribution in [2.75, 3.05) is 0 Å². The zero-order valence-corrected chi connectivity index (χ0v) is 10.9. The summed E-state index contributed by atoms with van der Waals surface area (Å²) in [5.41, 5.74) is 1.19. The Hall–Kier alpha value is -1.78. The highest BCUT2D eigenvalue weighted by molar-refractivity contribution is 5.95. The van der Waals surface area contributed by atoms with Gasteiger partial charge < -0.3 is 0 Å². The lowest BCUT2D eigenvalue weighted by Gasteiger charge is -2.19. The Kier molecular flexibility index (Phi) is 2.96. The van der Waals surface area contributed by atoms with E-state index in [0.717, 1.165) is 11.8 Å². The molecule has 2 nitrogen and oxygen atoms in total. The van der Waals surface area contributed by atoms with E-state index in [4.69, 9.17) is 0 Å². The van der Waals surface area contributed by atoms with Crippen LogP contribution in [0.5, 0.6) is 0 Å². The number of hydrogen-bond donors (Lipinski definition) is 0. The molecule has 0 saturated heterocycles. The van der Waals surface area contributed by atoms with Gasteiger partial charge in [-0.2, -0.15) is 13.2 Å². The third-order valence-corrected chi connectivity index (χ3v) is 3.02. The normalized spacial score (nSPS) is 12.9. The largest absolute Gasteiger partial charge is 0.472 e. The molecule has 0 fully saturated rings. The lowest BCUT2D eigenvalue weighted by Crippen LogP contribution is -2.28. The van der Waals surface area contributed by atoms with Crippen LogP contribution >= 0.6 is 0 Å². The van der Waals surface area contributed by atoms with E-state index >= 15 is 0 Å². The van der Waals surface area contributed by atoms with Crippen LogP contribution in [-0.2, 0) is 5.41 Å². The Morgan fingerprint density at radius 1 is 1.11 bits per heavy atom. The predicted molar refractivity (Wildman–Crippen MR) is 67.3 cm³/mol. The molecule has 19 heavy (non-hydrogen) atoms. The van der Waals surface area contributed by atoms with Crippen molar-refractivity contribution in [1.29, 1.82) is 0 Å². The van der Waals surface area contributed by atoms with Gasteiger partial charge in [-0.25, -0.2) is 0 Å². The van der Waals surface area contributed by atoms with Crippen molar-refractivity contribution in [3.05, 3.63) is 36.0 Å². The van der Waals surface area contributed by atoms with Crippen molar-refractivity contribution < 1.29 is 18.0 Å². The van der Waals surface area contributed by atoms with Crippen molar-refractivity contribution in [2.45, 2.75) is 32.4 Å². The molecular weight excluding hydrogens is 255 g/mol. The molecule has 0 N–H and O–H groups in total. The molecule has 1 aromatic heterocycles. The maximum Gasteiger partial charge on any atom is 0.472 e. The summed E-state index contributed by atoms with van der Waals surface area (Å²) in [5.74, 6) is -1.87. The Morgan fingerprint density at radius 3 is 2.26 bits per heavy atom. The summed E-state index contributed by atoms with van der Waals surface area (Å²) in [6.07, 6.45) is -3.71. The Balaban J connectivity index is 2.55. The van der Waals surface area contributed by atoms with Gasteiger partial charge >= 0.3 is 12.1 Å². The smallest absolute Gasteiger partial charge is 0.279 e. The van der Waals surface area contributed by atoms with Crippen LogP contribution < -0.4 is 0 Å². The molecule has 0 aliphatic carbocycles. The minimum atomic E-state index is -4.87. The van der Waals surface area contributed by atoms with Crippen molar-refractivity contribution >= 4 is 16.8 Å². The highest BCUT2D eigenvalue weighted by Crippen LogP contribution is 2.28. The van der Waals surface area contributed by atoms with E-state index in [2.05, 4.69) is 0 Å². The minimum Gasteiger partial charge on any atom is -0.279 e. The summed E-state index contributed by atoms with van der Waals surface area (Å²) in [4.78, 5) is 11.3. The fraction of sp³-hybridized carbons (Fsp3) is 0.357. The lowest BCUT2D eigenvalue weighted by molar-refractivity contribution is -0.0942. The van der Waals surface area contributed by atoms with Crippen molar-refractivity contribution in [3.63, 3.8) is 0 Å². The van der Waals surface area contributed by atoms with E-state index in [1.54, 1.807) is 12.1 Å². The summed E-state index contributed by atoms with van der Waals surface area (Å²) in [7, 11) is 0. The van der Waals surface area contributed by atoms with Crippen LogP contribution in [0.1, 0.15) is 31.1 Å². The number of hydrogen-bond acceptors (Lipinski definition) is 1. The van der Waals surface area contributed by atoms with Crippen molar-refractivity contribution in [3.8, 4) is 0 Å². The van der Waals surface area contributed by atoms with Gasteiger partial charge in [0.25, 0.3) is 0 Å². The van der Waals surface area contributed by atoms with Crippen LogP contribution in [0.3, 0.4) is 0 Å². The molecule has 0 aliphatic heterocycles. The molecule has 0 spiro atoms. The first-order valence-corrected chi connectivity index (χ1v) is 5.84. The first-order chi connectivity index (χ1) is 8.60. The number of carbonyl (C=O) groups excluding carboxylic acids is 1. The average Bonchev–Trinajstić information content (AvgIpc) is 2.67. The monoisotopic (exact) mass is 269 g/mol. The first-order valence-electron chi connectivity index (χ1n) is 5.84. The lowest BCUT2D eigenvalue weighted by atomic mass is 9.86. The molecule has 2 rings (SSSR count). The number of rotatable bonds is 0. The van der Waals surface area contributed by atoms with E-state index < -0.39 is 12.1 Å². The van der Waals surface area contributed by atoms with E-state index in [-0.39, 0.29) is 10.9 Å². The molecular formula is C14H14F3NO. The average molecular weight is 269 g/mol. The Labute approximate surface area is 108 Å². The Morgan fingerprint density at radius 2 is 1.74 bits per heavy atom. The van der Waals surface area contributed by atoms with Gasteiger partial charge in [-0.1, -0.05) is 26.8 Å². The fourth-order valence-corrected chi connectivity index (χ4v) is 1.92. The summed E-state index contributed by atoms with van der Waals surface area (Å²) in [6, 6.07) is 6.64. The van der Waals surface area contributed by atoms with Crippen molar-refractivity contribution in [2.24, 2.45) is 0 Å². The van der Waals surface area contributed by atoms with Crippen LogP contribution in [0.4, 0.5) is 13.2 Å². The van der Waals surface area contributed by atoms with E-state index in [9.17, 15) is 18.0 Å². The molecule has 0 amide bonds. The van der Waals surface area contributed by atoms with Gasteiger partial charge in [0.15, 0.2) is 0 Å². The number of alkyl halides is 3. The van der Waals surface area contributed by atoms with Gasteiger partial charge in [0.1, 0.15) is 0 Å². The van der Waals surface area contributed by atoms with Crippen LogP contribution in [-0.4, -0.2) is 16.7 Å². The Bertz CT molecular complexity index is 632. The number of carbonyl (C=O) groups is 1. The van der Waals surface area contributed by atoms with Gasteiger partial charge in [0.2, 0.25) is 0 Å². The first kappa shape index (κ1) is 13.6. The molecule has 0 unspecified atom stereocenters. The molecule has 102 valence electrons. The molecule has 0 bridgehead atoms. The maximum absolute atomic E-state index is 12.4. The minimum absolute atomic E-state index is 0.0929. The number of aromatic nitrogens is 1. The molecule has 1 heterocycles. The standard InChI is InChI=1S/C14H14F3NO/c1-13(2,3)10-4-5-11-9(8-10)6-7-18(11)12(19)14(15,16)17/h4-8H,1-3H3. The highest BCUT2D eigenvalue weighted by atomic mass is 19.4. The molecule has 5 heteroatoms. The van der Waals surface area contributed by atoms with Crippen LogP contribution in [0.15, 0.2) is 30.5 Å². The zero-order valence-electron chi connectivity index (χ0n) is 10.9. The number of halogens is 3. The van der Waals surface area contributed by atoms with E-state index in [1.807, 2.05) is 26.8 Å². The van der Waals surface area contributed by atoms with E-state index in [1.165, 1.54) is 6.07 Å². The third kappa shape index (κ3) is 2.50. The number of benzene rings is 1. The summed E-state index contributed by atoms with van der Waals surface area (Å²) in [5, 5.41) is 0.630. The van der Waals surface area contributed by atoms with E-state index in [0.29, 0.717) is 9.95 Å². The summed E-state index contributed by atoms with van der Waals surface area (Å²) in [6.45, 7) is 6.06. The molecule has 0 aliphatic rings.